The molecule has 1 atom stereocenters. The number of fused-ring (bicyclic) bond motifs is 3. The summed E-state index contributed by atoms with van der Waals surface area (Å²) >= 11 is 0. The maximum absolute atomic E-state index is 12.6. The van der Waals surface area contributed by atoms with E-state index in [4.69, 9.17) is 10.4 Å². The largest absolute Gasteiger partial charge is 0.478 e. The van der Waals surface area contributed by atoms with Crippen LogP contribution in [0.15, 0.2) is 24.5 Å². The molecule has 1 aliphatic carbocycles. The lowest BCUT2D eigenvalue weighted by Gasteiger charge is -2.20. The molecule has 7 nitrogen and oxygen atoms in total. The second kappa shape index (κ2) is 4.36. The zero-order valence-corrected chi connectivity index (χ0v) is 11.8. The number of anilines is 1. The molecular weight excluding hydrogens is 296 g/mol. The topological polar surface area (TPSA) is 116 Å². The number of carbonyl (C=O) groups excluding carboxylic acids is 1. The third-order valence-corrected chi connectivity index (χ3v) is 4.47. The van der Waals surface area contributed by atoms with Crippen molar-refractivity contribution in [3.8, 4) is 6.07 Å². The molecule has 0 aromatic carbocycles. The van der Waals surface area contributed by atoms with E-state index in [1.54, 1.807) is 12.1 Å². The monoisotopic (exact) mass is 306 g/mol. The van der Waals surface area contributed by atoms with Crippen LogP contribution in [0, 0.1) is 11.3 Å². The number of aromatic nitrogens is 2. The van der Waals surface area contributed by atoms with Crippen LogP contribution in [0.2, 0.25) is 0 Å². The van der Waals surface area contributed by atoms with Crippen LogP contribution in [-0.2, 0) is 23.1 Å². The molecule has 0 saturated heterocycles. The number of hydrogen-bond donors (Lipinski definition) is 2. The van der Waals surface area contributed by atoms with E-state index in [0.717, 1.165) is 5.56 Å². The van der Waals surface area contributed by atoms with Gasteiger partial charge in [0.2, 0.25) is 5.91 Å². The molecule has 0 fully saturated rings. The average Bonchev–Trinajstić information content (AvgIpc) is 3.05. The van der Waals surface area contributed by atoms with E-state index in [1.165, 1.54) is 12.4 Å². The van der Waals surface area contributed by atoms with E-state index in [2.05, 4.69) is 15.3 Å². The first-order chi connectivity index (χ1) is 11.0. The molecule has 2 aliphatic rings. The summed E-state index contributed by atoms with van der Waals surface area (Å²) < 4.78 is 0. The second-order valence-corrected chi connectivity index (χ2v) is 5.76. The number of hydrogen-bond acceptors (Lipinski definition) is 5. The Hall–Kier alpha value is -3.27. The Morgan fingerprint density at radius 1 is 1.30 bits per heavy atom. The van der Waals surface area contributed by atoms with Crippen molar-refractivity contribution in [3.63, 3.8) is 0 Å². The van der Waals surface area contributed by atoms with Crippen LogP contribution in [0.5, 0.6) is 0 Å². The lowest BCUT2D eigenvalue weighted by molar-refractivity contribution is -0.120. The predicted molar refractivity (Wildman–Crippen MR) is 77.9 cm³/mol. The van der Waals surface area contributed by atoms with Gasteiger partial charge >= 0.3 is 5.97 Å². The SMILES string of the molecule is N#Cc1cnc2c(c1)[C@@]1(Cc3cc(C(=O)O)cnc3C1)C(=O)N2. The third kappa shape index (κ3) is 1.75. The number of nitrogens with zero attached hydrogens (tertiary/aromatic N) is 3. The number of carboxylic acid groups (broad SMARTS) is 1. The van der Waals surface area contributed by atoms with Crippen LogP contribution in [0.3, 0.4) is 0 Å². The maximum Gasteiger partial charge on any atom is 0.337 e. The summed E-state index contributed by atoms with van der Waals surface area (Å²) in [5.74, 6) is -0.781. The molecule has 112 valence electrons. The zero-order chi connectivity index (χ0) is 16.2. The smallest absolute Gasteiger partial charge is 0.337 e. The van der Waals surface area contributed by atoms with E-state index in [0.29, 0.717) is 35.5 Å². The van der Waals surface area contributed by atoms with Gasteiger partial charge in [-0.05, 0) is 24.1 Å². The van der Waals surface area contributed by atoms with Gasteiger partial charge in [0.15, 0.2) is 0 Å². The number of aromatic carboxylic acids is 1. The van der Waals surface area contributed by atoms with E-state index in [-0.39, 0.29) is 11.5 Å². The number of pyridine rings is 2. The minimum absolute atomic E-state index is 0.100. The number of nitriles is 1. The molecule has 7 heteroatoms. The fraction of sp³-hybridized carbons (Fsp3) is 0.188. The van der Waals surface area contributed by atoms with Crippen molar-refractivity contribution in [2.75, 3.05) is 5.32 Å². The summed E-state index contributed by atoms with van der Waals surface area (Å²) in [5.41, 5.74) is 1.76. The van der Waals surface area contributed by atoms with Crippen LogP contribution in [0.1, 0.15) is 32.7 Å². The summed E-state index contributed by atoms with van der Waals surface area (Å²) in [5, 5.41) is 20.9. The van der Waals surface area contributed by atoms with Crippen LogP contribution in [0.4, 0.5) is 5.82 Å². The highest BCUT2D eigenvalue weighted by molar-refractivity contribution is 6.06. The lowest BCUT2D eigenvalue weighted by Crippen LogP contribution is -2.35. The molecule has 23 heavy (non-hydrogen) atoms. The second-order valence-electron chi connectivity index (χ2n) is 5.76. The fourth-order valence-electron chi connectivity index (χ4n) is 3.33. The molecule has 1 spiro atoms. The Morgan fingerprint density at radius 2 is 2.13 bits per heavy atom. The Bertz CT molecular complexity index is 931. The number of amides is 1. The molecule has 1 amide bonds. The zero-order valence-electron chi connectivity index (χ0n) is 11.8. The average molecular weight is 306 g/mol. The summed E-state index contributed by atoms with van der Waals surface area (Å²) in [7, 11) is 0. The Labute approximate surface area is 130 Å². The molecule has 2 aromatic heterocycles. The first-order valence-electron chi connectivity index (χ1n) is 6.97. The quantitative estimate of drug-likeness (QED) is 0.813. The van der Waals surface area contributed by atoms with Crippen molar-refractivity contribution in [2.24, 2.45) is 0 Å². The van der Waals surface area contributed by atoms with Gasteiger partial charge in [0.1, 0.15) is 11.9 Å². The van der Waals surface area contributed by atoms with Crippen molar-refractivity contribution in [1.29, 1.82) is 5.26 Å². The van der Waals surface area contributed by atoms with Crippen LogP contribution >= 0.6 is 0 Å². The van der Waals surface area contributed by atoms with E-state index >= 15 is 0 Å². The number of carbonyl (C=O) groups is 2. The van der Waals surface area contributed by atoms with Gasteiger partial charge in [0.25, 0.3) is 0 Å². The van der Waals surface area contributed by atoms with Gasteiger partial charge in [-0.1, -0.05) is 0 Å². The normalized spacial score (nSPS) is 20.7. The third-order valence-electron chi connectivity index (χ3n) is 4.47. The van der Waals surface area contributed by atoms with Crippen molar-refractivity contribution in [2.45, 2.75) is 18.3 Å². The van der Waals surface area contributed by atoms with Crippen molar-refractivity contribution in [1.82, 2.24) is 9.97 Å². The molecule has 2 aromatic rings. The maximum atomic E-state index is 12.6. The van der Waals surface area contributed by atoms with Crippen molar-refractivity contribution < 1.29 is 14.7 Å². The molecule has 4 rings (SSSR count). The summed E-state index contributed by atoms with van der Waals surface area (Å²) in [4.78, 5) is 32.0. The summed E-state index contributed by atoms with van der Waals surface area (Å²) in [6.07, 6.45) is 3.45. The number of carboxylic acids is 1. The van der Waals surface area contributed by atoms with Gasteiger partial charge < -0.3 is 10.4 Å². The fourth-order valence-corrected chi connectivity index (χ4v) is 3.33. The minimum Gasteiger partial charge on any atom is -0.478 e. The Morgan fingerprint density at radius 3 is 2.87 bits per heavy atom. The number of rotatable bonds is 1. The summed E-state index contributed by atoms with van der Waals surface area (Å²) in [6.45, 7) is 0. The van der Waals surface area contributed by atoms with Crippen molar-refractivity contribution >= 4 is 17.7 Å². The molecular formula is C16H10N4O3. The molecule has 0 saturated carbocycles. The van der Waals surface area contributed by atoms with Gasteiger partial charge in [0, 0.05) is 30.1 Å². The van der Waals surface area contributed by atoms with E-state index < -0.39 is 11.4 Å². The Balaban J connectivity index is 1.84. The van der Waals surface area contributed by atoms with Gasteiger partial charge in [0.05, 0.1) is 16.5 Å². The molecule has 3 heterocycles. The van der Waals surface area contributed by atoms with E-state index in [1.807, 2.05) is 6.07 Å². The van der Waals surface area contributed by atoms with Gasteiger partial charge in [-0.15, -0.1) is 0 Å². The lowest BCUT2D eigenvalue weighted by atomic mass is 9.79. The molecule has 1 aliphatic heterocycles. The van der Waals surface area contributed by atoms with Gasteiger partial charge in [-0.3, -0.25) is 9.78 Å². The summed E-state index contributed by atoms with van der Waals surface area (Å²) in [6, 6.07) is 5.26. The van der Waals surface area contributed by atoms with Crippen LogP contribution in [-0.4, -0.2) is 27.0 Å². The standard InChI is InChI=1S/C16H10N4O3/c17-5-8-1-11-13(19-6-8)20-15(23)16(11)3-9-2-10(14(21)22)7-18-12(9)4-16/h1-2,6-7H,3-4H2,(H,21,22)(H,19,20,23)/t16-/m0/s1. The van der Waals surface area contributed by atoms with Gasteiger partial charge in [-0.2, -0.15) is 5.26 Å². The highest BCUT2D eigenvalue weighted by atomic mass is 16.4. The molecule has 0 radical (unpaired) electrons. The van der Waals surface area contributed by atoms with Gasteiger partial charge in [-0.25, -0.2) is 9.78 Å². The van der Waals surface area contributed by atoms with Crippen molar-refractivity contribution in [3.05, 3.63) is 52.5 Å². The number of nitrogens with one attached hydrogen (secondary N) is 1. The molecule has 0 bridgehead atoms. The highest BCUT2D eigenvalue weighted by Crippen LogP contribution is 2.46. The highest BCUT2D eigenvalue weighted by Gasteiger charge is 2.52. The first-order valence-corrected chi connectivity index (χ1v) is 6.97. The predicted octanol–water partition coefficient (Wildman–Crippen LogP) is 1.04. The van der Waals surface area contributed by atoms with E-state index in [9.17, 15) is 9.59 Å². The minimum atomic E-state index is -1.05. The first kappa shape index (κ1) is 13.4. The Kier molecular flexibility index (Phi) is 2.54. The van der Waals surface area contributed by atoms with Crippen LogP contribution < -0.4 is 5.32 Å². The molecule has 0 unspecified atom stereocenters. The molecule has 2 N–H and O–H groups in total. The van der Waals surface area contributed by atoms with Crippen LogP contribution in [0.25, 0.3) is 0 Å².